The van der Waals surface area contributed by atoms with Gasteiger partial charge in [-0.05, 0) is 49.9 Å². The summed E-state index contributed by atoms with van der Waals surface area (Å²) in [6.45, 7) is 1.31. The van der Waals surface area contributed by atoms with Crippen LogP contribution < -0.4 is 5.32 Å². The lowest BCUT2D eigenvalue weighted by atomic mass is 9.80. The number of hydrogen-bond acceptors (Lipinski definition) is 2. The molecule has 0 saturated heterocycles. The molecule has 2 N–H and O–H groups in total. The van der Waals surface area contributed by atoms with Crippen molar-refractivity contribution < 1.29 is 14.3 Å². The Labute approximate surface area is 106 Å². The highest BCUT2D eigenvalue weighted by Crippen LogP contribution is 2.38. The lowest BCUT2D eigenvalue weighted by Gasteiger charge is -2.33. The van der Waals surface area contributed by atoms with Crippen molar-refractivity contribution in [1.82, 2.24) is 5.32 Å². The average molecular weight is 251 g/mol. The van der Waals surface area contributed by atoms with Gasteiger partial charge in [0.25, 0.3) is 0 Å². The average Bonchev–Trinajstić information content (AvgIpc) is 2.33. The predicted molar refractivity (Wildman–Crippen MR) is 67.4 cm³/mol. The van der Waals surface area contributed by atoms with Crippen LogP contribution in [0, 0.1) is 0 Å². The maximum atomic E-state index is 13.7. The second kappa shape index (κ2) is 5.48. The lowest BCUT2D eigenvalue weighted by Crippen LogP contribution is -2.35. The third-order valence-corrected chi connectivity index (χ3v) is 3.53. The van der Waals surface area contributed by atoms with Gasteiger partial charge in [-0.25, -0.2) is 9.18 Å². The van der Waals surface area contributed by atoms with Crippen LogP contribution in [0.3, 0.4) is 0 Å². The van der Waals surface area contributed by atoms with E-state index < -0.39 is 11.6 Å². The van der Waals surface area contributed by atoms with Crippen molar-refractivity contribution in [3.63, 3.8) is 0 Å². The first kappa shape index (κ1) is 13.0. The molecule has 1 aliphatic carbocycles. The molecule has 4 heteroatoms. The Balaban J connectivity index is 1.71. The maximum Gasteiger partial charge on any atom is 0.335 e. The van der Waals surface area contributed by atoms with E-state index in [0.717, 1.165) is 12.0 Å². The van der Waals surface area contributed by atoms with Gasteiger partial charge in [0, 0.05) is 6.54 Å². The maximum absolute atomic E-state index is 13.7. The minimum absolute atomic E-state index is 0.288. The second-order valence-corrected chi connectivity index (χ2v) is 4.93. The number of rotatable bonds is 6. The van der Waals surface area contributed by atoms with Gasteiger partial charge in [0.2, 0.25) is 0 Å². The van der Waals surface area contributed by atoms with Crippen LogP contribution in [0.15, 0.2) is 24.3 Å². The molecule has 0 radical (unpaired) electrons. The number of benzene rings is 1. The quantitative estimate of drug-likeness (QED) is 0.764. The summed E-state index contributed by atoms with van der Waals surface area (Å²) in [5.74, 6) is -0.918. The molecule has 0 amide bonds. The summed E-state index contributed by atoms with van der Waals surface area (Å²) in [6, 6.07) is 6.74. The number of alkyl halides is 1. The van der Waals surface area contributed by atoms with Gasteiger partial charge in [-0.2, -0.15) is 0 Å². The van der Waals surface area contributed by atoms with Gasteiger partial charge in [-0.15, -0.1) is 0 Å². The van der Waals surface area contributed by atoms with Crippen LogP contribution in [0.4, 0.5) is 4.39 Å². The molecule has 0 bridgehead atoms. The smallest absolute Gasteiger partial charge is 0.335 e. The van der Waals surface area contributed by atoms with E-state index in [0.29, 0.717) is 32.4 Å². The first-order valence-corrected chi connectivity index (χ1v) is 6.31. The fraction of sp³-hybridized carbons (Fsp3) is 0.500. The number of carboxylic acids is 1. The highest BCUT2D eigenvalue weighted by atomic mass is 19.1. The molecule has 1 aliphatic rings. The Kier molecular flexibility index (Phi) is 3.97. The van der Waals surface area contributed by atoms with Crippen molar-refractivity contribution >= 4 is 5.97 Å². The normalized spacial score (nSPS) is 17.2. The van der Waals surface area contributed by atoms with Crippen LogP contribution in [-0.4, -0.2) is 23.3 Å². The topological polar surface area (TPSA) is 49.3 Å². The Hall–Kier alpha value is -1.42. The number of hydrogen-bond donors (Lipinski definition) is 2. The molecule has 0 spiro atoms. The van der Waals surface area contributed by atoms with Gasteiger partial charge in [0.15, 0.2) is 0 Å². The minimum atomic E-state index is -0.930. The fourth-order valence-corrected chi connectivity index (χ4v) is 2.12. The van der Waals surface area contributed by atoms with Crippen molar-refractivity contribution in [2.75, 3.05) is 6.54 Å². The van der Waals surface area contributed by atoms with Gasteiger partial charge in [0.1, 0.15) is 5.67 Å². The summed E-state index contributed by atoms with van der Waals surface area (Å²) in [5.41, 5.74) is 0.373. The van der Waals surface area contributed by atoms with Gasteiger partial charge < -0.3 is 10.4 Å². The molecule has 1 fully saturated rings. The van der Waals surface area contributed by atoms with Crippen LogP contribution in [0.5, 0.6) is 0 Å². The van der Waals surface area contributed by atoms with Crippen LogP contribution >= 0.6 is 0 Å². The van der Waals surface area contributed by atoms with Crippen LogP contribution in [0.1, 0.15) is 41.6 Å². The fourth-order valence-electron chi connectivity index (χ4n) is 2.12. The van der Waals surface area contributed by atoms with E-state index in [4.69, 9.17) is 5.11 Å². The summed E-state index contributed by atoms with van der Waals surface area (Å²) in [7, 11) is 0. The molecule has 18 heavy (non-hydrogen) atoms. The molecule has 0 unspecified atom stereocenters. The molecule has 0 aliphatic heterocycles. The first-order valence-electron chi connectivity index (χ1n) is 6.31. The van der Waals surface area contributed by atoms with Crippen molar-refractivity contribution in [2.45, 2.75) is 37.9 Å². The lowest BCUT2D eigenvalue weighted by molar-refractivity contribution is 0.0541. The third-order valence-electron chi connectivity index (χ3n) is 3.53. The van der Waals surface area contributed by atoms with Crippen molar-refractivity contribution in [3.05, 3.63) is 35.4 Å². The van der Waals surface area contributed by atoms with E-state index >= 15 is 0 Å². The Bertz CT molecular complexity index is 412. The highest BCUT2D eigenvalue weighted by Gasteiger charge is 2.35. The van der Waals surface area contributed by atoms with Crippen molar-refractivity contribution in [3.8, 4) is 0 Å². The summed E-state index contributed by atoms with van der Waals surface area (Å²) in [4.78, 5) is 10.7. The number of carboxylic acid groups (broad SMARTS) is 1. The number of carbonyl (C=O) groups is 1. The van der Waals surface area contributed by atoms with E-state index in [1.165, 1.54) is 0 Å². The van der Waals surface area contributed by atoms with E-state index in [9.17, 15) is 9.18 Å². The molecule has 0 heterocycles. The summed E-state index contributed by atoms with van der Waals surface area (Å²) < 4.78 is 13.7. The molecule has 1 aromatic carbocycles. The molecule has 2 rings (SSSR count). The number of nitrogens with one attached hydrogen (secondary N) is 1. The van der Waals surface area contributed by atoms with Crippen LogP contribution in [0.2, 0.25) is 0 Å². The van der Waals surface area contributed by atoms with Gasteiger partial charge in [0.05, 0.1) is 5.56 Å². The van der Waals surface area contributed by atoms with Crippen LogP contribution in [0.25, 0.3) is 0 Å². The summed E-state index contributed by atoms with van der Waals surface area (Å²) >= 11 is 0. The zero-order valence-corrected chi connectivity index (χ0v) is 10.3. The molecule has 0 atom stereocenters. The zero-order valence-electron chi connectivity index (χ0n) is 10.3. The number of aromatic carboxylic acids is 1. The standard InChI is InChI=1S/C14H18FNO2/c15-14(6-1-7-14)8-9-16-10-11-2-4-12(5-3-11)13(17)18/h2-5,16H,1,6-10H2,(H,17,18). The van der Waals surface area contributed by atoms with Gasteiger partial charge in [-0.3, -0.25) is 0 Å². The van der Waals surface area contributed by atoms with Crippen LogP contribution in [-0.2, 0) is 6.54 Å². The van der Waals surface area contributed by atoms with Crippen molar-refractivity contribution in [2.24, 2.45) is 0 Å². The monoisotopic (exact) mass is 251 g/mol. The Morgan fingerprint density at radius 1 is 1.33 bits per heavy atom. The molecule has 98 valence electrons. The molecular formula is C14H18FNO2. The third kappa shape index (κ3) is 3.29. The van der Waals surface area contributed by atoms with E-state index in [2.05, 4.69) is 5.32 Å². The zero-order chi connectivity index (χ0) is 13.0. The summed E-state index contributed by atoms with van der Waals surface area (Å²) in [5, 5.41) is 11.9. The SMILES string of the molecule is O=C(O)c1ccc(CNCCC2(F)CCC2)cc1. The predicted octanol–water partition coefficient (Wildman–Crippen LogP) is 2.76. The van der Waals surface area contributed by atoms with Gasteiger partial charge >= 0.3 is 5.97 Å². The minimum Gasteiger partial charge on any atom is -0.478 e. The van der Waals surface area contributed by atoms with Crippen molar-refractivity contribution in [1.29, 1.82) is 0 Å². The van der Waals surface area contributed by atoms with E-state index in [1.54, 1.807) is 24.3 Å². The van der Waals surface area contributed by atoms with E-state index in [1.807, 2.05) is 0 Å². The largest absolute Gasteiger partial charge is 0.478 e. The highest BCUT2D eigenvalue weighted by molar-refractivity contribution is 5.87. The Morgan fingerprint density at radius 2 is 2.00 bits per heavy atom. The molecule has 0 aromatic heterocycles. The molecule has 1 aromatic rings. The Morgan fingerprint density at radius 3 is 2.50 bits per heavy atom. The number of halogens is 1. The first-order chi connectivity index (χ1) is 8.59. The summed E-state index contributed by atoms with van der Waals surface area (Å²) in [6.07, 6.45) is 2.97. The molecule has 1 saturated carbocycles. The van der Waals surface area contributed by atoms with E-state index in [-0.39, 0.29) is 5.56 Å². The molecular weight excluding hydrogens is 233 g/mol. The second-order valence-electron chi connectivity index (χ2n) is 4.93. The van der Waals surface area contributed by atoms with Gasteiger partial charge in [-0.1, -0.05) is 12.1 Å². The molecule has 3 nitrogen and oxygen atoms in total.